The van der Waals surface area contributed by atoms with E-state index in [0.29, 0.717) is 18.0 Å². The minimum atomic E-state index is -1.09. The zero-order chi connectivity index (χ0) is 24.4. The van der Waals surface area contributed by atoms with Crippen molar-refractivity contribution in [1.29, 1.82) is 0 Å². The maximum Gasteiger partial charge on any atom is 0.323 e. The average Bonchev–Trinajstić information content (AvgIpc) is 3.15. The van der Waals surface area contributed by atoms with Crippen LogP contribution in [0.3, 0.4) is 0 Å². The molecule has 190 valence electrons. The van der Waals surface area contributed by atoms with Gasteiger partial charge in [-0.1, -0.05) is 6.07 Å². The van der Waals surface area contributed by atoms with E-state index in [1.54, 1.807) is 11.6 Å². The van der Waals surface area contributed by atoms with Crippen molar-refractivity contribution in [2.24, 2.45) is 13.0 Å². The van der Waals surface area contributed by atoms with Crippen LogP contribution in [-0.4, -0.2) is 55.7 Å². The third-order valence-electron chi connectivity index (χ3n) is 6.49. The molecule has 9 nitrogen and oxygen atoms in total. The van der Waals surface area contributed by atoms with Gasteiger partial charge >= 0.3 is 5.97 Å². The third-order valence-corrected chi connectivity index (χ3v) is 6.49. The molecule has 35 heavy (non-hydrogen) atoms. The molecule has 1 aromatic carbocycles. The Balaban J connectivity index is 0.00000342. The fourth-order valence-electron chi connectivity index (χ4n) is 4.57. The van der Waals surface area contributed by atoms with Gasteiger partial charge in [-0.15, -0.1) is 12.4 Å². The number of hydrogen-bond acceptors (Lipinski definition) is 6. The number of ether oxygens (including phenoxy) is 1. The maximum atomic E-state index is 12.2. The number of halogens is 1. The van der Waals surface area contributed by atoms with Crippen molar-refractivity contribution < 1.29 is 19.7 Å². The standard InChI is InChI=1S/C25H32N4O5.ClH/c1-15-10-19(14-28(3)24(15)31)23-27-20-11-18(12-26-22(16(2)30)25(32)33)4-5-21(20)29(23)13-17-6-8-34-9-7-17;/h4-5,10-11,14,16-17,22,26,30H,6-9,12-13H2,1-3H3,(H,32,33);1H/t16-,22+;/m1./s1. The van der Waals surface area contributed by atoms with Gasteiger partial charge in [0.05, 0.1) is 17.1 Å². The summed E-state index contributed by atoms with van der Waals surface area (Å²) < 4.78 is 9.34. The van der Waals surface area contributed by atoms with Crippen LogP contribution < -0.4 is 10.9 Å². The van der Waals surface area contributed by atoms with Crippen LogP contribution in [0.5, 0.6) is 0 Å². The van der Waals surface area contributed by atoms with Crippen LogP contribution in [0.2, 0.25) is 0 Å². The number of carboxylic acid groups (broad SMARTS) is 1. The summed E-state index contributed by atoms with van der Waals surface area (Å²) >= 11 is 0. The van der Waals surface area contributed by atoms with Crippen LogP contribution in [0.1, 0.15) is 30.9 Å². The van der Waals surface area contributed by atoms with Gasteiger partial charge in [0.15, 0.2) is 0 Å². The van der Waals surface area contributed by atoms with Gasteiger partial charge in [0.25, 0.3) is 5.56 Å². The molecule has 2 atom stereocenters. The van der Waals surface area contributed by atoms with Crippen molar-refractivity contribution in [3.63, 3.8) is 0 Å². The lowest BCUT2D eigenvalue weighted by molar-refractivity contribution is -0.142. The summed E-state index contributed by atoms with van der Waals surface area (Å²) in [6.07, 6.45) is 2.78. The molecular weight excluding hydrogens is 472 g/mol. The van der Waals surface area contributed by atoms with Gasteiger partial charge in [-0.25, -0.2) is 4.98 Å². The summed E-state index contributed by atoms with van der Waals surface area (Å²) in [4.78, 5) is 28.6. The van der Waals surface area contributed by atoms with E-state index in [1.165, 1.54) is 6.92 Å². The van der Waals surface area contributed by atoms with E-state index in [9.17, 15) is 19.8 Å². The summed E-state index contributed by atoms with van der Waals surface area (Å²) in [5.41, 5.74) is 4.17. The number of nitrogens with zero attached hydrogens (tertiary/aromatic N) is 3. The largest absolute Gasteiger partial charge is 0.480 e. The number of benzene rings is 1. The van der Waals surface area contributed by atoms with E-state index in [0.717, 1.165) is 60.6 Å². The van der Waals surface area contributed by atoms with E-state index in [4.69, 9.17) is 9.72 Å². The molecule has 3 N–H and O–H groups in total. The number of rotatable bonds is 8. The Bertz CT molecular complexity index is 1220. The molecule has 10 heteroatoms. The fraction of sp³-hybridized carbons (Fsp3) is 0.480. The van der Waals surface area contributed by atoms with E-state index < -0.39 is 18.1 Å². The number of pyridine rings is 1. The van der Waals surface area contributed by atoms with Crippen LogP contribution in [-0.2, 0) is 29.7 Å². The van der Waals surface area contributed by atoms with Crippen LogP contribution >= 0.6 is 12.4 Å². The van der Waals surface area contributed by atoms with Crippen molar-refractivity contribution in [2.75, 3.05) is 13.2 Å². The molecule has 0 bridgehead atoms. The molecule has 1 fully saturated rings. The highest BCUT2D eigenvalue weighted by Crippen LogP contribution is 2.29. The fourth-order valence-corrected chi connectivity index (χ4v) is 4.57. The monoisotopic (exact) mass is 504 g/mol. The third kappa shape index (κ3) is 5.92. The van der Waals surface area contributed by atoms with Gasteiger partial charge in [-0.3, -0.25) is 14.9 Å². The summed E-state index contributed by atoms with van der Waals surface area (Å²) in [5.74, 6) is 0.184. The number of aliphatic hydroxyl groups excluding tert-OH is 1. The van der Waals surface area contributed by atoms with Gasteiger partial charge in [0, 0.05) is 50.7 Å². The first-order valence-electron chi connectivity index (χ1n) is 11.6. The summed E-state index contributed by atoms with van der Waals surface area (Å²) in [6, 6.07) is 6.74. The Hall–Kier alpha value is -2.72. The number of aromatic nitrogens is 3. The second-order valence-electron chi connectivity index (χ2n) is 9.19. The molecule has 3 heterocycles. The molecule has 1 aliphatic rings. The molecular formula is C25H33ClN4O5. The van der Waals surface area contributed by atoms with Crippen LogP contribution in [0, 0.1) is 12.8 Å². The van der Waals surface area contributed by atoms with Crippen LogP contribution in [0.15, 0.2) is 35.3 Å². The van der Waals surface area contributed by atoms with Crippen LogP contribution in [0.4, 0.5) is 0 Å². The molecule has 0 saturated carbocycles. The van der Waals surface area contributed by atoms with E-state index >= 15 is 0 Å². The minimum absolute atomic E-state index is 0. The van der Waals surface area contributed by atoms with Gasteiger partial charge in [-0.2, -0.15) is 0 Å². The first-order valence-corrected chi connectivity index (χ1v) is 11.6. The minimum Gasteiger partial charge on any atom is -0.480 e. The Kier molecular flexibility index (Phi) is 8.71. The number of carboxylic acids is 1. The first-order chi connectivity index (χ1) is 16.2. The highest BCUT2D eigenvalue weighted by atomic mass is 35.5. The molecule has 2 aromatic heterocycles. The van der Waals surface area contributed by atoms with E-state index in [2.05, 4.69) is 9.88 Å². The molecule has 1 saturated heterocycles. The van der Waals surface area contributed by atoms with Crippen LogP contribution in [0.25, 0.3) is 22.4 Å². The number of aryl methyl sites for hydroxylation is 2. The van der Waals surface area contributed by atoms with Crippen molar-refractivity contribution in [2.45, 2.75) is 51.9 Å². The second-order valence-corrected chi connectivity index (χ2v) is 9.19. The normalized spacial score (nSPS) is 16.1. The molecule has 0 radical (unpaired) electrons. The summed E-state index contributed by atoms with van der Waals surface area (Å²) in [7, 11) is 1.75. The molecule has 4 rings (SSSR count). The van der Waals surface area contributed by atoms with E-state index in [-0.39, 0.29) is 18.0 Å². The van der Waals surface area contributed by atoms with E-state index in [1.807, 2.05) is 37.4 Å². The molecule has 0 spiro atoms. The van der Waals surface area contributed by atoms with Gasteiger partial charge in [0.1, 0.15) is 11.9 Å². The lowest BCUT2D eigenvalue weighted by atomic mass is 10.00. The van der Waals surface area contributed by atoms with Crippen molar-refractivity contribution >= 4 is 29.4 Å². The lowest BCUT2D eigenvalue weighted by Gasteiger charge is -2.23. The Morgan fingerprint density at radius 2 is 2.00 bits per heavy atom. The highest BCUT2D eigenvalue weighted by molar-refractivity contribution is 5.85. The Labute approximate surface area is 210 Å². The predicted molar refractivity (Wildman–Crippen MR) is 136 cm³/mol. The summed E-state index contributed by atoms with van der Waals surface area (Å²) in [5, 5.41) is 21.9. The highest BCUT2D eigenvalue weighted by Gasteiger charge is 2.23. The number of carbonyl (C=O) groups is 1. The molecule has 1 aliphatic heterocycles. The molecule has 0 unspecified atom stereocenters. The SMILES string of the molecule is Cc1cc(-c2nc3cc(CN[C@H](C(=O)O)[C@@H](C)O)ccc3n2CC2CCOCC2)cn(C)c1=O.Cl. The van der Waals surface area contributed by atoms with Crippen molar-refractivity contribution in [3.8, 4) is 11.4 Å². The number of imidazole rings is 1. The zero-order valence-electron chi connectivity index (χ0n) is 20.2. The molecule has 3 aromatic rings. The summed E-state index contributed by atoms with van der Waals surface area (Å²) in [6.45, 7) is 5.87. The number of aliphatic carboxylic acids is 1. The van der Waals surface area contributed by atoms with Gasteiger partial charge < -0.3 is 24.1 Å². The van der Waals surface area contributed by atoms with Crippen molar-refractivity contribution in [3.05, 3.63) is 51.9 Å². The topological polar surface area (TPSA) is 119 Å². The van der Waals surface area contributed by atoms with Gasteiger partial charge in [-0.05, 0) is 56.4 Å². The molecule has 0 aliphatic carbocycles. The first kappa shape index (κ1) is 26.9. The smallest absolute Gasteiger partial charge is 0.323 e. The maximum absolute atomic E-state index is 12.2. The number of aliphatic hydroxyl groups is 1. The number of hydrogen-bond donors (Lipinski definition) is 3. The Morgan fingerprint density at radius 3 is 2.63 bits per heavy atom. The Morgan fingerprint density at radius 1 is 1.29 bits per heavy atom. The quantitative estimate of drug-likeness (QED) is 0.431. The van der Waals surface area contributed by atoms with Gasteiger partial charge in [0.2, 0.25) is 0 Å². The average molecular weight is 505 g/mol. The number of fused-ring (bicyclic) bond motifs is 1. The molecule has 0 amide bonds. The van der Waals surface area contributed by atoms with Crippen molar-refractivity contribution in [1.82, 2.24) is 19.4 Å². The lowest BCUT2D eigenvalue weighted by Crippen LogP contribution is -2.44. The predicted octanol–water partition coefficient (Wildman–Crippen LogP) is 2.48. The zero-order valence-corrected chi connectivity index (χ0v) is 21.0. The number of nitrogens with one attached hydrogen (secondary N) is 1. The second kappa shape index (κ2) is 11.3.